The monoisotopic (exact) mass is 424 g/mol. The molecular weight excluding hydrogens is 412 g/mol. The van der Waals surface area contributed by atoms with Crippen LogP contribution in [0.1, 0.15) is 11.1 Å². The van der Waals surface area contributed by atoms with Crippen LogP contribution in [0.25, 0.3) is 0 Å². The van der Waals surface area contributed by atoms with Crippen LogP contribution in [0.2, 0.25) is 0 Å². The molecule has 22 heavy (non-hydrogen) atoms. The van der Waals surface area contributed by atoms with Crippen LogP contribution in [0.5, 0.6) is 5.75 Å². The van der Waals surface area contributed by atoms with E-state index >= 15 is 0 Å². The molecule has 6 heteroatoms. The van der Waals surface area contributed by atoms with Gasteiger partial charge in [-0.15, -0.1) is 0 Å². The fraction of sp³-hybridized carbons (Fsp3) is 0.125. The van der Waals surface area contributed by atoms with Crippen LogP contribution in [0.3, 0.4) is 0 Å². The molecule has 0 fully saturated rings. The van der Waals surface area contributed by atoms with Gasteiger partial charge in [-0.2, -0.15) is 5.10 Å². The lowest BCUT2D eigenvalue weighted by molar-refractivity contribution is -0.120. The number of hydrogen-bond acceptors (Lipinski definition) is 3. The van der Waals surface area contributed by atoms with Gasteiger partial charge in [0.05, 0.1) is 24.2 Å². The largest absolute Gasteiger partial charge is 0.496 e. The summed E-state index contributed by atoms with van der Waals surface area (Å²) in [6, 6.07) is 13.1. The zero-order chi connectivity index (χ0) is 15.9. The predicted molar refractivity (Wildman–Crippen MR) is 94.3 cm³/mol. The van der Waals surface area contributed by atoms with Crippen LogP contribution in [-0.4, -0.2) is 19.2 Å². The lowest BCUT2D eigenvalue weighted by atomic mass is 10.1. The molecule has 1 amide bonds. The first-order valence-electron chi connectivity index (χ1n) is 6.48. The van der Waals surface area contributed by atoms with Gasteiger partial charge in [-0.3, -0.25) is 4.79 Å². The Morgan fingerprint density at radius 1 is 1.23 bits per heavy atom. The molecule has 0 radical (unpaired) electrons. The highest BCUT2D eigenvalue weighted by Crippen LogP contribution is 2.24. The van der Waals surface area contributed by atoms with Crippen molar-refractivity contribution in [2.24, 2.45) is 5.10 Å². The predicted octanol–water partition coefficient (Wildman–Crippen LogP) is 3.91. The quantitative estimate of drug-likeness (QED) is 0.583. The lowest BCUT2D eigenvalue weighted by Gasteiger charge is -2.03. The molecule has 0 unspecified atom stereocenters. The van der Waals surface area contributed by atoms with E-state index in [1.807, 2.05) is 42.5 Å². The maximum Gasteiger partial charge on any atom is 0.244 e. The van der Waals surface area contributed by atoms with Gasteiger partial charge < -0.3 is 4.74 Å². The molecule has 0 aliphatic carbocycles. The highest BCUT2D eigenvalue weighted by Gasteiger charge is 2.02. The van der Waals surface area contributed by atoms with Gasteiger partial charge >= 0.3 is 0 Å². The summed E-state index contributed by atoms with van der Waals surface area (Å²) in [5.41, 5.74) is 4.31. The molecule has 0 spiro atoms. The van der Waals surface area contributed by atoms with Gasteiger partial charge in [0.25, 0.3) is 0 Å². The number of carbonyl (C=O) groups is 1. The van der Waals surface area contributed by atoms with Crippen LogP contribution < -0.4 is 10.2 Å². The van der Waals surface area contributed by atoms with Crippen molar-refractivity contribution in [1.29, 1.82) is 0 Å². The van der Waals surface area contributed by atoms with Gasteiger partial charge in [0.15, 0.2) is 0 Å². The number of nitrogens with one attached hydrogen (secondary N) is 1. The zero-order valence-corrected chi connectivity index (χ0v) is 15.0. The summed E-state index contributed by atoms with van der Waals surface area (Å²) in [5.74, 6) is 0.586. The minimum absolute atomic E-state index is 0.161. The van der Waals surface area contributed by atoms with E-state index in [4.69, 9.17) is 4.74 Å². The first kappa shape index (κ1) is 16.7. The summed E-state index contributed by atoms with van der Waals surface area (Å²) < 4.78 is 6.97. The molecule has 0 saturated heterocycles. The summed E-state index contributed by atoms with van der Waals surface area (Å²) >= 11 is 6.76. The first-order valence-corrected chi connectivity index (χ1v) is 8.07. The number of hydrazone groups is 1. The molecule has 2 aromatic rings. The topological polar surface area (TPSA) is 50.7 Å². The van der Waals surface area contributed by atoms with E-state index in [0.29, 0.717) is 0 Å². The second-order valence-electron chi connectivity index (χ2n) is 4.49. The Morgan fingerprint density at radius 2 is 1.95 bits per heavy atom. The third-order valence-corrected chi connectivity index (χ3v) is 4.01. The van der Waals surface area contributed by atoms with Crippen molar-refractivity contribution in [2.45, 2.75) is 6.42 Å². The van der Waals surface area contributed by atoms with E-state index in [9.17, 15) is 4.79 Å². The van der Waals surface area contributed by atoms with Crippen molar-refractivity contribution in [2.75, 3.05) is 7.11 Å². The van der Waals surface area contributed by atoms with Gasteiger partial charge in [0.2, 0.25) is 5.91 Å². The maximum absolute atomic E-state index is 11.8. The number of carbonyl (C=O) groups excluding carboxylic acids is 1. The summed E-state index contributed by atoms with van der Waals surface area (Å²) in [6.07, 6.45) is 1.88. The molecule has 0 aliphatic rings. The second-order valence-corrected chi connectivity index (χ2v) is 6.26. The number of amides is 1. The minimum Gasteiger partial charge on any atom is -0.496 e. The Kier molecular flexibility index (Phi) is 6.15. The van der Waals surface area contributed by atoms with Gasteiger partial charge in [-0.1, -0.05) is 28.1 Å². The smallest absolute Gasteiger partial charge is 0.244 e. The molecule has 0 heterocycles. The maximum atomic E-state index is 11.8. The van der Waals surface area contributed by atoms with Crippen molar-refractivity contribution < 1.29 is 9.53 Å². The number of rotatable bonds is 5. The molecule has 2 aromatic carbocycles. The normalized spacial score (nSPS) is 10.7. The Hall–Kier alpha value is -1.66. The second kappa shape index (κ2) is 8.10. The molecule has 1 N–H and O–H groups in total. The fourth-order valence-electron chi connectivity index (χ4n) is 1.77. The summed E-state index contributed by atoms with van der Waals surface area (Å²) in [7, 11) is 1.61. The lowest BCUT2D eigenvalue weighted by Crippen LogP contribution is -2.19. The zero-order valence-electron chi connectivity index (χ0n) is 11.8. The first-order chi connectivity index (χ1) is 10.6. The number of methoxy groups -OCH3 is 1. The van der Waals surface area contributed by atoms with E-state index in [1.165, 1.54) is 0 Å². The van der Waals surface area contributed by atoms with Crippen LogP contribution in [0.15, 0.2) is 56.5 Å². The fourth-order valence-corrected chi connectivity index (χ4v) is 2.59. The van der Waals surface area contributed by atoms with Gasteiger partial charge in [-0.25, -0.2) is 5.43 Å². The van der Waals surface area contributed by atoms with Crippen LogP contribution in [0.4, 0.5) is 0 Å². The molecule has 0 saturated carbocycles. The summed E-state index contributed by atoms with van der Waals surface area (Å²) in [6.45, 7) is 0. The van der Waals surface area contributed by atoms with Crippen LogP contribution in [0, 0.1) is 0 Å². The SMILES string of the molecule is COc1ccc(/C=N/NC(=O)Cc2ccc(Br)cc2)cc1Br. The Labute approximate surface area is 145 Å². The molecule has 4 nitrogen and oxygen atoms in total. The molecule has 0 aliphatic heterocycles. The highest BCUT2D eigenvalue weighted by atomic mass is 79.9. The van der Waals surface area contributed by atoms with Crippen molar-refractivity contribution in [3.63, 3.8) is 0 Å². The molecule has 0 atom stereocenters. The number of halogens is 2. The number of nitrogens with zero attached hydrogens (tertiary/aromatic N) is 1. The van der Waals surface area contributed by atoms with Crippen LogP contribution >= 0.6 is 31.9 Å². The Balaban J connectivity index is 1.90. The molecule has 114 valence electrons. The van der Waals surface area contributed by atoms with Gasteiger partial charge in [0.1, 0.15) is 5.75 Å². The van der Waals surface area contributed by atoms with Crippen molar-refractivity contribution in [3.8, 4) is 5.75 Å². The van der Waals surface area contributed by atoms with Crippen molar-refractivity contribution >= 4 is 44.0 Å². The average molecular weight is 426 g/mol. The van der Waals surface area contributed by atoms with E-state index in [-0.39, 0.29) is 12.3 Å². The number of ether oxygens (including phenoxy) is 1. The van der Waals surface area contributed by atoms with Gasteiger partial charge in [-0.05, 0) is 57.4 Å². The third-order valence-electron chi connectivity index (χ3n) is 2.86. The summed E-state index contributed by atoms with van der Waals surface area (Å²) in [5, 5.41) is 3.96. The van der Waals surface area contributed by atoms with E-state index in [0.717, 1.165) is 25.8 Å². The van der Waals surface area contributed by atoms with E-state index < -0.39 is 0 Å². The number of hydrogen-bond donors (Lipinski definition) is 1. The molecule has 2 rings (SSSR count). The van der Waals surface area contributed by atoms with Crippen molar-refractivity contribution in [1.82, 2.24) is 5.43 Å². The van der Waals surface area contributed by atoms with Crippen molar-refractivity contribution in [3.05, 3.63) is 62.5 Å². The Morgan fingerprint density at radius 3 is 2.59 bits per heavy atom. The van der Waals surface area contributed by atoms with E-state index in [1.54, 1.807) is 13.3 Å². The average Bonchev–Trinajstić information content (AvgIpc) is 2.50. The van der Waals surface area contributed by atoms with Crippen LogP contribution in [-0.2, 0) is 11.2 Å². The highest BCUT2D eigenvalue weighted by molar-refractivity contribution is 9.10. The molecule has 0 bridgehead atoms. The minimum atomic E-state index is -0.161. The summed E-state index contributed by atoms with van der Waals surface area (Å²) in [4.78, 5) is 11.8. The number of benzene rings is 2. The third kappa shape index (κ3) is 4.96. The van der Waals surface area contributed by atoms with E-state index in [2.05, 4.69) is 42.4 Å². The standard InChI is InChI=1S/C16H14Br2N2O2/c1-22-15-7-4-12(8-14(15)18)10-19-20-16(21)9-11-2-5-13(17)6-3-11/h2-8,10H,9H2,1H3,(H,20,21)/b19-10+. The Bertz CT molecular complexity index is 685. The molecule has 0 aromatic heterocycles. The molecular formula is C16H14Br2N2O2. The van der Waals surface area contributed by atoms with Gasteiger partial charge in [0, 0.05) is 4.47 Å².